The SMILES string of the molecule is Cn1ccnc1SCC(=O)Nc1oc(-c2ccccc2)c(-c2ccccc2)c1C#N. The number of benzene rings is 2. The van der Waals surface area contributed by atoms with Gasteiger partial charge < -0.3 is 8.98 Å². The molecule has 148 valence electrons. The van der Waals surface area contributed by atoms with Crippen LogP contribution >= 0.6 is 11.8 Å². The number of anilines is 1. The second-order valence-corrected chi connectivity index (χ2v) is 7.45. The molecule has 1 amide bonds. The van der Waals surface area contributed by atoms with Gasteiger partial charge in [0.15, 0.2) is 5.16 Å². The number of nitrogens with zero attached hydrogens (tertiary/aromatic N) is 3. The zero-order chi connectivity index (χ0) is 20.9. The number of carbonyl (C=O) groups is 1. The predicted octanol–water partition coefficient (Wildman–Crippen LogP) is 4.95. The summed E-state index contributed by atoms with van der Waals surface area (Å²) in [5.74, 6) is 0.580. The molecule has 4 aromatic rings. The molecule has 0 aliphatic rings. The largest absolute Gasteiger partial charge is 0.438 e. The summed E-state index contributed by atoms with van der Waals surface area (Å²) in [6.07, 6.45) is 3.50. The lowest BCUT2D eigenvalue weighted by Crippen LogP contribution is -2.14. The van der Waals surface area contributed by atoms with Crippen molar-refractivity contribution in [2.24, 2.45) is 7.05 Å². The van der Waals surface area contributed by atoms with Crippen LogP contribution in [0.2, 0.25) is 0 Å². The number of rotatable bonds is 6. The highest BCUT2D eigenvalue weighted by molar-refractivity contribution is 7.99. The molecule has 30 heavy (non-hydrogen) atoms. The number of furan rings is 1. The Morgan fingerprint density at radius 2 is 1.80 bits per heavy atom. The van der Waals surface area contributed by atoms with Crippen molar-refractivity contribution in [3.63, 3.8) is 0 Å². The molecule has 1 N–H and O–H groups in total. The van der Waals surface area contributed by atoms with Crippen LogP contribution in [0.5, 0.6) is 0 Å². The van der Waals surface area contributed by atoms with Gasteiger partial charge in [-0.1, -0.05) is 72.4 Å². The molecule has 2 heterocycles. The number of nitrogens with one attached hydrogen (secondary N) is 1. The van der Waals surface area contributed by atoms with E-state index in [1.165, 1.54) is 11.8 Å². The highest BCUT2D eigenvalue weighted by atomic mass is 32.2. The van der Waals surface area contributed by atoms with Crippen molar-refractivity contribution >= 4 is 23.6 Å². The van der Waals surface area contributed by atoms with Gasteiger partial charge in [-0.2, -0.15) is 5.26 Å². The standard InChI is InChI=1S/C23H18N4O2S/c1-27-13-12-25-23(27)30-15-19(28)26-22-18(14-24)20(16-8-4-2-5-9-16)21(29-22)17-10-6-3-7-11-17/h2-13H,15H2,1H3,(H,26,28). The van der Waals surface area contributed by atoms with E-state index >= 15 is 0 Å². The van der Waals surface area contributed by atoms with Gasteiger partial charge in [-0.15, -0.1) is 0 Å². The summed E-state index contributed by atoms with van der Waals surface area (Å²) in [5.41, 5.74) is 2.64. The van der Waals surface area contributed by atoms with Crippen LogP contribution in [0.15, 0.2) is 82.6 Å². The summed E-state index contributed by atoms with van der Waals surface area (Å²) in [6.45, 7) is 0. The Kier molecular flexibility index (Phi) is 5.68. The second-order valence-electron chi connectivity index (χ2n) is 6.51. The lowest BCUT2D eigenvalue weighted by Gasteiger charge is -2.03. The van der Waals surface area contributed by atoms with Crippen molar-refractivity contribution in [3.05, 3.63) is 78.6 Å². The lowest BCUT2D eigenvalue weighted by atomic mass is 9.98. The number of hydrogen-bond donors (Lipinski definition) is 1. The molecule has 0 aliphatic heterocycles. The minimum atomic E-state index is -0.271. The molecule has 0 fully saturated rings. The van der Waals surface area contributed by atoms with Crippen molar-refractivity contribution in [1.82, 2.24) is 9.55 Å². The van der Waals surface area contributed by atoms with Crippen LogP contribution in [0.4, 0.5) is 5.88 Å². The Hall–Kier alpha value is -3.76. The smallest absolute Gasteiger partial charge is 0.237 e. The molecule has 7 heteroatoms. The molecule has 0 unspecified atom stereocenters. The highest BCUT2D eigenvalue weighted by Gasteiger charge is 2.24. The third kappa shape index (κ3) is 4.00. The first kappa shape index (κ1) is 19.6. The van der Waals surface area contributed by atoms with E-state index in [9.17, 15) is 10.1 Å². The minimum Gasteiger partial charge on any atom is -0.438 e. The minimum absolute atomic E-state index is 0.151. The number of hydrogen-bond acceptors (Lipinski definition) is 5. The van der Waals surface area contributed by atoms with E-state index in [-0.39, 0.29) is 17.5 Å². The van der Waals surface area contributed by atoms with Crippen LogP contribution in [0.3, 0.4) is 0 Å². The zero-order valence-electron chi connectivity index (χ0n) is 16.2. The number of carbonyl (C=O) groups excluding carboxylic acids is 1. The topological polar surface area (TPSA) is 83.8 Å². The van der Waals surface area contributed by atoms with Crippen LogP contribution in [0.1, 0.15) is 5.56 Å². The number of aryl methyl sites for hydroxylation is 1. The molecule has 6 nitrogen and oxygen atoms in total. The molecule has 0 saturated carbocycles. The molecule has 0 radical (unpaired) electrons. The van der Waals surface area contributed by atoms with E-state index in [4.69, 9.17) is 4.42 Å². The second kappa shape index (κ2) is 8.72. The first-order valence-corrected chi connectivity index (χ1v) is 10.2. The van der Waals surface area contributed by atoms with Crippen molar-refractivity contribution in [3.8, 4) is 28.5 Å². The van der Waals surface area contributed by atoms with E-state index in [1.54, 1.807) is 6.20 Å². The van der Waals surface area contributed by atoms with Crippen LogP contribution in [-0.2, 0) is 11.8 Å². The van der Waals surface area contributed by atoms with Gasteiger partial charge in [-0.05, 0) is 5.56 Å². The summed E-state index contributed by atoms with van der Waals surface area (Å²) in [4.78, 5) is 16.7. The predicted molar refractivity (Wildman–Crippen MR) is 117 cm³/mol. The van der Waals surface area contributed by atoms with Crippen LogP contribution < -0.4 is 5.32 Å². The third-order valence-electron chi connectivity index (χ3n) is 4.48. The molecule has 0 atom stereocenters. The van der Waals surface area contributed by atoms with Gasteiger partial charge in [0.05, 0.1) is 5.75 Å². The summed E-state index contributed by atoms with van der Waals surface area (Å²) in [7, 11) is 1.87. The van der Waals surface area contributed by atoms with E-state index < -0.39 is 0 Å². The Morgan fingerprint density at radius 1 is 1.13 bits per heavy atom. The number of thioether (sulfide) groups is 1. The fraction of sp³-hybridized carbons (Fsp3) is 0.0870. The Labute approximate surface area is 178 Å². The number of nitriles is 1. The van der Waals surface area contributed by atoms with Crippen molar-refractivity contribution in [2.45, 2.75) is 5.16 Å². The Balaban J connectivity index is 1.68. The lowest BCUT2D eigenvalue weighted by molar-refractivity contribution is -0.113. The maximum Gasteiger partial charge on any atom is 0.237 e. The quantitative estimate of drug-likeness (QED) is 0.451. The number of imidazole rings is 1. The molecule has 0 saturated heterocycles. The highest BCUT2D eigenvalue weighted by Crippen LogP contribution is 2.41. The van der Waals surface area contributed by atoms with E-state index in [1.807, 2.05) is 78.5 Å². The van der Waals surface area contributed by atoms with Gasteiger partial charge in [0.1, 0.15) is 17.4 Å². The van der Waals surface area contributed by atoms with E-state index in [0.29, 0.717) is 16.9 Å². The molecular formula is C23H18N4O2S. The molecule has 0 bridgehead atoms. The summed E-state index contributed by atoms with van der Waals surface area (Å²) >= 11 is 1.31. The third-order valence-corrected chi connectivity index (χ3v) is 5.54. The molecule has 4 rings (SSSR count). The van der Waals surface area contributed by atoms with Gasteiger partial charge in [0.2, 0.25) is 11.8 Å². The molecule has 2 aromatic heterocycles. The van der Waals surface area contributed by atoms with Crippen LogP contribution in [-0.4, -0.2) is 21.2 Å². The first-order chi connectivity index (χ1) is 14.7. The van der Waals surface area contributed by atoms with E-state index in [0.717, 1.165) is 16.3 Å². The Bertz CT molecular complexity index is 1210. The first-order valence-electron chi connectivity index (χ1n) is 9.25. The fourth-order valence-electron chi connectivity index (χ4n) is 3.08. The number of amides is 1. The fourth-order valence-corrected chi connectivity index (χ4v) is 3.81. The van der Waals surface area contributed by atoms with Crippen molar-refractivity contribution < 1.29 is 9.21 Å². The van der Waals surface area contributed by atoms with Gasteiger partial charge in [-0.25, -0.2) is 4.98 Å². The molecule has 0 aliphatic carbocycles. The summed E-state index contributed by atoms with van der Waals surface area (Å²) in [5, 5.41) is 13.4. The maximum absolute atomic E-state index is 12.5. The van der Waals surface area contributed by atoms with Crippen LogP contribution in [0, 0.1) is 11.3 Å². The zero-order valence-corrected chi connectivity index (χ0v) is 17.0. The van der Waals surface area contributed by atoms with Gasteiger partial charge in [-0.3, -0.25) is 10.1 Å². The van der Waals surface area contributed by atoms with Gasteiger partial charge >= 0.3 is 0 Å². The molecular weight excluding hydrogens is 396 g/mol. The number of aromatic nitrogens is 2. The van der Waals surface area contributed by atoms with Gasteiger partial charge in [0.25, 0.3) is 0 Å². The maximum atomic E-state index is 12.5. The average Bonchev–Trinajstić information content (AvgIpc) is 3.36. The molecule has 2 aromatic carbocycles. The van der Waals surface area contributed by atoms with Crippen molar-refractivity contribution in [2.75, 3.05) is 11.1 Å². The van der Waals surface area contributed by atoms with Crippen LogP contribution in [0.25, 0.3) is 22.5 Å². The van der Waals surface area contributed by atoms with E-state index in [2.05, 4.69) is 16.4 Å². The Morgan fingerprint density at radius 3 is 2.40 bits per heavy atom. The van der Waals surface area contributed by atoms with Gasteiger partial charge in [0, 0.05) is 30.6 Å². The summed E-state index contributed by atoms with van der Waals surface area (Å²) < 4.78 is 7.86. The molecule has 0 spiro atoms. The monoisotopic (exact) mass is 414 g/mol. The summed E-state index contributed by atoms with van der Waals surface area (Å²) in [6, 6.07) is 21.3. The van der Waals surface area contributed by atoms with Crippen molar-refractivity contribution in [1.29, 1.82) is 5.26 Å². The normalized spacial score (nSPS) is 10.5. The average molecular weight is 414 g/mol.